The van der Waals surface area contributed by atoms with Gasteiger partial charge in [0.2, 0.25) is 18.0 Å². The zero-order valence-corrected chi connectivity index (χ0v) is 18.2. The molecule has 2 aliphatic rings. The van der Waals surface area contributed by atoms with Crippen molar-refractivity contribution in [3.8, 4) is 0 Å². The first kappa shape index (κ1) is 22.0. The number of halogens is 2. The van der Waals surface area contributed by atoms with E-state index in [9.17, 15) is 14.0 Å². The molecule has 0 aliphatic carbocycles. The third kappa shape index (κ3) is 4.53. The summed E-state index contributed by atoms with van der Waals surface area (Å²) in [4.78, 5) is 32.7. The number of nitrogens with two attached hydrogens (primary N) is 1. The smallest absolute Gasteiger partial charge is 0.253 e. The molecule has 0 spiro atoms. The number of piperazine rings is 1. The molecule has 1 saturated heterocycles. The van der Waals surface area contributed by atoms with Gasteiger partial charge < -0.3 is 25.6 Å². The summed E-state index contributed by atoms with van der Waals surface area (Å²) in [5, 5.41) is 3.14. The lowest BCUT2D eigenvalue weighted by molar-refractivity contribution is -0.120. The maximum absolute atomic E-state index is 14.3. The van der Waals surface area contributed by atoms with Gasteiger partial charge in [0.1, 0.15) is 5.82 Å². The Morgan fingerprint density at radius 2 is 1.84 bits per heavy atom. The van der Waals surface area contributed by atoms with Crippen LogP contribution in [-0.2, 0) is 9.53 Å². The number of nitrogens with zero attached hydrogens (tertiary/aromatic N) is 3. The van der Waals surface area contributed by atoms with Crippen molar-refractivity contribution in [3.63, 3.8) is 0 Å². The van der Waals surface area contributed by atoms with Crippen molar-refractivity contribution >= 4 is 35.0 Å². The van der Waals surface area contributed by atoms with Gasteiger partial charge in [0.05, 0.1) is 10.6 Å². The molecule has 3 N–H and O–H groups in total. The van der Waals surface area contributed by atoms with E-state index in [0.29, 0.717) is 24.3 Å². The van der Waals surface area contributed by atoms with Crippen LogP contribution in [0.5, 0.6) is 0 Å². The number of aliphatic imine (C=N–C) groups is 1. The standard InChI is InChI=1S/C22H23ClFN5O3/c1-28-9-11-29(12-10-28)22(31)13-5-7-14(8-6-13)26-21-18(19(25)30)27-20(32-21)17-15(23)3-2-4-16(17)24/h2-8,18,21,26H,9-12H2,1H3,(H2,25,30). The van der Waals surface area contributed by atoms with E-state index in [4.69, 9.17) is 22.1 Å². The van der Waals surface area contributed by atoms with Gasteiger partial charge in [-0.25, -0.2) is 9.38 Å². The number of carbonyl (C=O) groups excluding carboxylic acids is 2. The number of carbonyl (C=O) groups is 2. The van der Waals surface area contributed by atoms with E-state index < -0.39 is 24.0 Å². The molecule has 4 rings (SSSR count). The van der Waals surface area contributed by atoms with Crippen LogP contribution < -0.4 is 11.1 Å². The number of rotatable bonds is 5. The predicted molar refractivity (Wildman–Crippen MR) is 119 cm³/mol. The van der Waals surface area contributed by atoms with Gasteiger partial charge in [-0.3, -0.25) is 9.59 Å². The number of hydrogen-bond donors (Lipinski definition) is 2. The summed E-state index contributed by atoms with van der Waals surface area (Å²) in [6.45, 7) is 3.05. The largest absolute Gasteiger partial charge is 0.450 e. The average molecular weight is 460 g/mol. The van der Waals surface area contributed by atoms with Gasteiger partial charge in [-0.15, -0.1) is 0 Å². The summed E-state index contributed by atoms with van der Waals surface area (Å²) < 4.78 is 20.0. The lowest BCUT2D eigenvalue weighted by atomic mass is 10.1. The Kier molecular flexibility index (Phi) is 6.29. The number of anilines is 1. The first-order valence-electron chi connectivity index (χ1n) is 10.2. The van der Waals surface area contributed by atoms with Crippen LogP contribution in [0.15, 0.2) is 47.5 Å². The summed E-state index contributed by atoms with van der Waals surface area (Å²) >= 11 is 6.09. The summed E-state index contributed by atoms with van der Waals surface area (Å²) in [5.74, 6) is -1.48. The van der Waals surface area contributed by atoms with E-state index in [0.717, 1.165) is 13.1 Å². The fourth-order valence-electron chi connectivity index (χ4n) is 3.62. The Labute approximate surface area is 189 Å². The molecular weight excluding hydrogens is 437 g/mol. The van der Waals surface area contributed by atoms with Gasteiger partial charge in [0.25, 0.3) is 5.91 Å². The van der Waals surface area contributed by atoms with Crippen LogP contribution in [0.1, 0.15) is 15.9 Å². The first-order chi connectivity index (χ1) is 15.3. The highest BCUT2D eigenvalue weighted by Gasteiger charge is 2.37. The zero-order valence-electron chi connectivity index (χ0n) is 17.4. The van der Waals surface area contributed by atoms with Gasteiger partial charge in [-0.2, -0.15) is 0 Å². The number of amides is 2. The zero-order chi connectivity index (χ0) is 22.8. The molecule has 2 amide bonds. The lowest BCUT2D eigenvalue weighted by Crippen LogP contribution is -2.47. The van der Waals surface area contributed by atoms with Crippen molar-refractivity contribution in [1.29, 1.82) is 0 Å². The Hall–Kier alpha value is -3.17. The fourth-order valence-corrected chi connectivity index (χ4v) is 3.87. The van der Waals surface area contributed by atoms with E-state index in [1.165, 1.54) is 18.2 Å². The molecule has 2 heterocycles. The second-order valence-corrected chi connectivity index (χ2v) is 8.14. The molecule has 0 aromatic heterocycles. The molecule has 2 aliphatic heterocycles. The average Bonchev–Trinajstić information content (AvgIpc) is 3.18. The molecule has 2 aromatic rings. The third-order valence-corrected chi connectivity index (χ3v) is 5.80. The van der Waals surface area contributed by atoms with Crippen molar-refractivity contribution in [1.82, 2.24) is 9.80 Å². The number of hydrogen-bond acceptors (Lipinski definition) is 6. The summed E-state index contributed by atoms with van der Waals surface area (Å²) in [6, 6.07) is 9.93. The van der Waals surface area contributed by atoms with Crippen molar-refractivity contribution in [3.05, 3.63) is 64.4 Å². The quantitative estimate of drug-likeness (QED) is 0.711. The topological polar surface area (TPSA) is 100 Å². The van der Waals surface area contributed by atoms with Crippen LogP contribution in [0.3, 0.4) is 0 Å². The fraction of sp³-hybridized carbons (Fsp3) is 0.318. The van der Waals surface area contributed by atoms with Crippen molar-refractivity contribution in [2.45, 2.75) is 12.3 Å². The minimum atomic E-state index is -1.08. The Morgan fingerprint density at radius 1 is 1.16 bits per heavy atom. The number of likely N-dealkylation sites (N-methyl/N-ethyl adjacent to an activating group) is 1. The van der Waals surface area contributed by atoms with Gasteiger partial charge >= 0.3 is 0 Å². The number of ether oxygens (including phenoxy) is 1. The SMILES string of the molecule is CN1CCN(C(=O)c2ccc(NC3OC(c4c(F)cccc4Cl)=NC3C(N)=O)cc2)CC1. The Bertz CT molecular complexity index is 1030. The van der Waals surface area contributed by atoms with E-state index in [2.05, 4.69) is 15.2 Å². The summed E-state index contributed by atoms with van der Waals surface area (Å²) in [7, 11) is 2.03. The monoisotopic (exact) mass is 459 g/mol. The van der Waals surface area contributed by atoms with Crippen molar-refractivity contribution < 1.29 is 18.7 Å². The maximum Gasteiger partial charge on any atom is 0.253 e. The predicted octanol–water partition coefficient (Wildman–Crippen LogP) is 1.94. The molecule has 2 atom stereocenters. The molecule has 2 aromatic carbocycles. The highest BCUT2D eigenvalue weighted by atomic mass is 35.5. The highest BCUT2D eigenvalue weighted by molar-refractivity contribution is 6.34. The van der Waals surface area contributed by atoms with Gasteiger partial charge in [-0.05, 0) is 43.4 Å². The summed E-state index contributed by atoms with van der Waals surface area (Å²) in [5.41, 5.74) is 6.59. The maximum atomic E-state index is 14.3. The van der Waals surface area contributed by atoms with Gasteiger partial charge in [0.15, 0.2) is 6.04 Å². The number of primary amides is 1. The number of nitrogens with one attached hydrogen (secondary N) is 1. The number of benzene rings is 2. The highest BCUT2D eigenvalue weighted by Crippen LogP contribution is 2.27. The molecule has 0 saturated carbocycles. The minimum absolute atomic E-state index is 0.0298. The van der Waals surface area contributed by atoms with Crippen LogP contribution in [-0.4, -0.2) is 73.0 Å². The molecule has 168 valence electrons. The lowest BCUT2D eigenvalue weighted by Gasteiger charge is -2.32. The molecule has 1 fully saturated rings. The molecule has 10 heteroatoms. The van der Waals surface area contributed by atoms with Gasteiger partial charge in [-0.1, -0.05) is 17.7 Å². The second-order valence-electron chi connectivity index (χ2n) is 7.73. The molecular formula is C22H23ClFN5O3. The van der Waals surface area contributed by atoms with E-state index in [1.807, 2.05) is 11.9 Å². The van der Waals surface area contributed by atoms with Crippen molar-refractivity contribution in [2.24, 2.45) is 10.7 Å². The van der Waals surface area contributed by atoms with Crippen LogP contribution in [0, 0.1) is 5.82 Å². The molecule has 0 bridgehead atoms. The van der Waals surface area contributed by atoms with Crippen LogP contribution in [0.25, 0.3) is 0 Å². The minimum Gasteiger partial charge on any atom is -0.450 e. The van der Waals surface area contributed by atoms with E-state index >= 15 is 0 Å². The summed E-state index contributed by atoms with van der Waals surface area (Å²) in [6.07, 6.45) is -0.947. The first-order valence-corrected chi connectivity index (χ1v) is 10.5. The second kappa shape index (κ2) is 9.13. The van der Waals surface area contributed by atoms with Crippen LogP contribution in [0.2, 0.25) is 5.02 Å². The third-order valence-electron chi connectivity index (χ3n) is 5.48. The Balaban J connectivity index is 1.46. The van der Waals surface area contributed by atoms with Crippen molar-refractivity contribution in [2.75, 3.05) is 38.5 Å². The Morgan fingerprint density at radius 3 is 2.47 bits per heavy atom. The van der Waals surface area contributed by atoms with Crippen LogP contribution in [0.4, 0.5) is 10.1 Å². The molecule has 32 heavy (non-hydrogen) atoms. The molecule has 0 radical (unpaired) electrons. The van der Waals surface area contributed by atoms with E-state index in [1.54, 1.807) is 24.3 Å². The van der Waals surface area contributed by atoms with Gasteiger partial charge in [0, 0.05) is 37.4 Å². The van der Waals surface area contributed by atoms with Crippen LogP contribution >= 0.6 is 11.6 Å². The molecule has 8 nitrogen and oxygen atoms in total. The molecule has 2 unspecified atom stereocenters. The normalized spacial score (nSPS) is 21.1. The van der Waals surface area contributed by atoms with E-state index in [-0.39, 0.29) is 22.4 Å².